The molecule has 1 atom stereocenters. The van der Waals surface area contributed by atoms with Crippen LogP contribution in [0.1, 0.15) is 34.8 Å². The average Bonchev–Trinajstić information content (AvgIpc) is 2.93. The molecule has 5 nitrogen and oxygen atoms in total. The fraction of sp³-hybridized carbons (Fsp3) is 0.286. The molecule has 0 saturated carbocycles. The highest BCUT2D eigenvalue weighted by Gasteiger charge is 2.11. The molecule has 2 heterocycles. The Bertz CT molecular complexity index is 537. The van der Waals surface area contributed by atoms with Gasteiger partial charge in [0.05, 0.1) is 13.7 Å². The fourth-order valence-electron chi connectivity index (χ4n) is 1.71. The number of nitrogens with one attached hydrogen (secondary N) is 1. The highest BCUT2D eigenvalue weighted by molar-refractivity contribution is 5.86. The number of hydrogen-bond donors (Lipinski definition) is 1. The van der Waals surface area contributed by atoms with Gasteiger partial charge in [0.2, 0.25) is 5.76 Å². The minimum Gasteiger partial charge on any atom is -0.463 e. The molecule has 1 unspecified atom stereocenters. The maximum absolute atomic E-state index is 11.2. The van der Waals surface area contributed by atoms with Crippen LogP contribution in [0.25, 0.3) is 0 Å². The molecule has 19 heavy (non-hydrogen) atoms. The summed E-state index contributed by atoms with van der Waals surface area (Å²) in [6, 6.07) is 7.47. The summed E-state index contributed by atoms with van der Waals surface area (Å²) >= 11 is 0. The van der Waals surface area contributed by atoms with E-state index in [0.717, 1.165) is 5.56 Å². The molecule has 0 bridgehead atoms. The van der Waals surface area contributed by atoms with E-state index < -0.39 is 5.97 Å². The Morgan fingerprint density at radius 3 is 2.79 bits per heavy atom. The molecule has 2 aromatic heterocycles. The minimum atomic E-state index is -0.464. The van der Waals surface area contributed by atoms with Crippen molar-refractivity contribution in [2.45, 2.75) is 19.5 Å². The number of methoxy groups -OCH3 is 1. The van der Waals surface area contributed by atoms with Gasteiger partial charge in [-0.05, 0) is 36.8 Å². The summed E-state index contributed by atoms with van der Waals surface area (Å²) in [6.07, 6.45) is 3.52. The summed E-state index contributed by atoms with van der Waals surface area (Å²) in [7, 11) is 1.33. The Kier molecular flexibility index (Phi) is 4.30. The first-order valence-corrected chi connectivity index (χ1v) is 6.01. The maximum atomic E-state index is 11.2. The van der Waals surface area contributed by atoms with Crippen molar-refractivity contribution < 1.29 is 13.9 Å². The molecule has 5 heteroatoms. The number of esters is 1. The van der Waals surface area contributed by atoms with E-state index in [1.807, 2.05) is 12.1 Å². The van der Waals surface area contributed by atoms with Gasteiger partial charge in [0, 0.05) is 18.4 Å². The van der Waals surface area contributed by atoms with Gasteiger partial charge in [-0.1, -0.05) is 0 Å². The number of furan rings is 1. The number of rotatable bonds is 5. The highest BCUT2D eigenvalue weighted by atomic mass is 16.5. The van der Waals surface area contributed by atoms with E-state index in [4.69, 9.17) is 4.42 Å². The van der Waals surface area contributed by atoms with Crippen LogP contribution in [0.4, 0.5) is 0 Å². The Hall–Kier alpha value is -2.14. The lowest BCUT2D eigenvalue weighted by Crippen LogP contribution is -2.17. The van der Waals surface area contributed by atoms with Crippen LogP contribution in [-0.2, 0) is 11.3 Å². The van der Waals surface area contributed by atoms with Crippen LogP contribution in [0.3, 0.4) is 0 Å². The molecule has 0 aromatic carbocycles. The molecular formula is C14H16N2O3. The standard InChI is InChI=1S/C14H16N2O3/c1-10(11-5-7-15-8-6-11)16-9-12-3-4-13(19-12)14(17)18-2/h3-8,10,16H,9H2,1-2H3. The molecule has 0 spiro atoms. The summed E-state index contributed by atoms with van der Waals surface area (Å²) < 4.78 is 9.96. The molecule has 2 aromatic rings. The number of aromatic nitrogens is 1. The maximum Gasteiger partial charge on any atom is 0.373 e. The van der Waals surface area contributed by atoms with Crippen LogP contribution >= 0.6 is 0 Å². The van der Waals surface area contributed by atoms with E-state index in [9.17, 15) is 4.79 Å². The van der Waals surface area contributed by atoms with Gasteiger partial charge in [-0.25, -0.2) is 4.79 Å². The average molecular weight is 260 g/mol. The van der Waals surface area contributed by atoms with Crippen molar-refractivity contribution in [2.24, 2.45) is 0 Å². The van der Waals surface area contributed by atoms with Crippen molar-refractivity contribution in [1.82, 2.24) is 10.3 Å². The number of nitrogens with zero attached hydrogens (tertiary/aromatic N) is 1. The quantitative estimate of drug-likeness (QED) is 0.836. The Morgan fingerprint density at radius 1 is 1.37 bits per heavy atom. The lowest BCUT2D eigenvalue weighted by Gasteiger charge is -2.12. The topological polar surface area (TPSA) is 64.4 Å². The van der Waals surface area contributed by atoms with Gasteiger partial charge < -0.3 is 14.5 Å². The van der Waals surface area contributed by atoms with E-state index >= 15 is 0 Å². The number of carbonyl (C=O) groups excluding carboxylic acids is 1. The van der Waals surface area contributed by atoms with E-state index in [-0.39, 0.29) is 11.8 Å². The van der Waals surface area contributed by atoms with Gasteiger partial charge in [-0.3, -0.25) is 4.98 Å². The van der Waals surface area contributed by atoms with Crippen LogP contribution in [-0.4, -0.2) is 18.1 Å². The van der Waals surface area contributed by atoms with Crippen molar-refractivity contribution in [3.8, 4) is 0 Å². The smallest absolute Gasteiger partial charge is 0.373 e. The molecule has 0 amide bonds. The van der Waals surface area contributed by atoms with Crippen molar-refractivity contribution in [3.05, 3.63) is 53.7 Å². The van der Waals surface area contributed by atoms with Crippen LogP contribution in [0.15, 0.2) is 41.1 Å². The van der Waals surface area contributed by atoms with Gasteiger partial charge in [0.15, 0.2) is 0 Å². The van der Waals surface area contributed by atoms with Crippen LogP contribution in [0, 0.1) is 0 Å². The van der Waals surface area contributed by atoms with Crippen molar-refractivity contribution in [1.29, 1.82) is 0 Å². The van der Waals surface area contributed by atoms with Gasteiger partial charge in [-0.2, -0.15) is 0 Å². The fourth-order valence-corrected chi connectivity index (χ4v) is 1.71. The second kappa shape index (κ2) is 6.15. The predicted molar refractivity (Wildman–Crippen MR) is 69.5 cm³/mol. The molecule has 100 valence electrons. The van der Waals surface area contributed by atoms with Crippen molar-refractivity contribution in [3.63, 3.8) is 0 Å². The van der Waals surface area contributed by atoms with E-state index in [1.54, 1.807) is 24.5 Å². The Balaban J connectivity index is 1.92. The largest absolute Gasteiger partial charge is 0.463 e. The van der Waals surface area contributed by atoms with Gasteiger partial charge in [0.1, 0.15) is 5.76 Å². The zero-order valence-electron chi connectivity index (χ0n) is 10.9. The third-order valence-corrected chi connectivity index (χ3v) is 2.84. The van der Waals surface area contributed by atoms with Gasteiger partial charge in [-0.15, -0.1) is 0 Å². The number of carbonyl (C=O) groups is 1. The number of hydrogen-bond acceptors (Lipinski definition) is 5. The number of ether oxygens (including phenoxy) is 1. The monoisotopic (exact) mass is 260 g/mol. The molecule has 1 N–H and O–H groups in total. The third-order valence-electron chi connectivity index (χ3n) is 2.84. The first-order chi connectivity index (χ1) is 9.20. The van der Waals surface area contributed by atoms with Crippen molar-refractivity contribution >= 4 is 5.97 Å². The molecule has 0 aliphatic rings. The first-order valence-electron chi connectivity index (χ1n) is 6.01. The Morgan fingerprint density at radius 2 is 2.11 bits per heavy atom. The predicted octanol–water partition coefficient (Wildman–Crippen LogP) is 2.31. The molecule has 0 fully saturated rings. The van der Waals surface area contributed by atoms with E-state index in [2.05, 4.69) is 22.0 Å². The van der Waals surface area contributed by atoms with Crippen LogP contribution in [0.5, 0.6) is 0 Å². The third kappa shape index (κ3) is 3.42. The second-order valence-electron chi connectivity index (χ2n) is 4.14. The minimum absolute atomic E-state index is 0.176. The molecule has 0 saturated heterocycles. The van der Waals surface area contributed by atoms with Crippen LogP contribution in [0.2, 0.25) is 0 Å². The molecule has 0 aliphatic heterocycles. The highest BCUT2D eigenvalue weighted by Crippen LogP contribution is 2.13. The van der Waals surface area contributed by atoms with Gasteiger partial charge in [0.25, 0.3) is 0 Å². The zero-order valence-corrected chi connectivity index (χ0v) is 10.9. The normalized spacial score (nSPS) is 12.1. The van der Waals surface area contributed by atoms with Crippen molar-refractivity contribution in [2.75, 3.05) is 7.11 Å². The SMILES string of the molecule is COC(=O)c1ccc(CNC(C)c2ccncc2)o1. The molecule has 2 rings (SSSR count). The van der Waals surface area contributed by atoms with Crippen LogP contribution < -0.4 is 5.32 Å². The summed E-state index contributed by atoms with van der Waals surface area (Å²) in [5.41, 5.74) is 1.15. The summed E-state index contributed by atoms with van der Waals surface area (Å²) in [6.45, 7) is 2.60. The lowest BCUT2D eigenvalue weighted by molar-refractivity contribution is 0.0563. The zero-order chi connectivity index (χ0) is 13.7. The molecule has 0 aliphatic carbocycles. The molecular weight excluding hydrogens is 244 g/mol. The number of pyridine rings is 1. The second-order valence-corrected chi connectivity index (χ2v) is 4.14. The van der Waals surface area contributed by atoms with Gasteiger partial charge >= 0.3 is 5.97 Å². The van der Waals surface area contributed by atoms with E-state index in [1.165, 1.54) is 7.11 Å². The lowest BCUT2D eigenvalue weighted by atomic mass is 10.1. The Labute approximate surface area is 111 Å². The molecule has 0 radical (unpaired) electrons. The summed E-state index contributed by atoms with van der Waals surface area (Å²) in [5, 5.41) is 3.31. The summed E-state index contributed by atoms with van der Waals surface area (Å²) in [5.74, 6) is 0.450. The van der Waals surface area contributed by atoms with E-state index in [0.29, 0.717) is 12.3 Å². The first kappa shape index (κ1) is 13.3. The summed E-state index contributed by atoms with van der Waals surface area (Å²) in [4.78, 5) is 15.2.